The number of aliphatic carboxylic acids is 1. The van der Waals surface area contributed by atoms with Crippen molar-refractivity contribution in [2.75, 3.05) is 5.75 Å². The highest BCUT2D eigenvalue weighted by Crippen LogP contribution is 2.01. The second-order valence-electron chi connectivity index (χ2n) is 5.67. The van der Waals surface area contributed by atoms with Crippen molar-refractivity contribution in [1.29, 1.82) is 0 Å². The Balaban J connectivity index is 5.03. The summed E-state index contributed by atoms with van der Waals surface area (Å²) in [5, 5.41) is 15.9. The van der Waals surface area contributed by atoms with Crippen molar-refractivity contribution < 1.29 is 29.1 Å². The SMILES string of the molecule is CC(N)C(=O)NC(C)C(=O)NC(CCC(N)=O)C(=O)NC(CS)C(=O)O. The number of primary amides is 1. The number of carboxylic acids is 1. The van der Waals surface area contributed by atoms with Gasteiger partial charge in [-0.2, -0.15) is 12.6 Å². The molecule has 0 aliphatic rings. The number of hydrogen-bond donors (Lipinski definition) is 7. The van der Waals surface area contributed by atoms with Crippen LogP contribution in [0.25, 0.3) is 0 Å². The maximum absolute atomic E-state index is 12.2. The monoisotopic (exact) mass is 391 g/mol. The van der Waals surface area contributed by atoms with Crippen molar-refractivity contribution in [3.8, 4) is 0 Å². The fourth-order valence-electron chi connectivity index (χ4n) is 1.72. The summed E-state index contributed by atoms with van der Waals surface area (Å²) in [6.45, 7) is 2.82. The number of nitrogens with two attached hydrogens (primary N) is 2. The number of nitrogens with one attached hydrogen (secondary N) is 3. The summed E-state index contributed by atoms with van der Waals surface area (Å²) in [5.41, 5.74) is 10.4. The Morgan fingerprint density at radius 2 is 1.50 bits per heavy atom. The average molecular weight is 391 g/mol. The molecule has 12 heteroatoms. The highest BCUT2D eigenvalue weighted by molar-refractivity contribution is 7.80. The number of rotatable bonds is 11. The van der Waals surface area contributed by atoms with Gasteiger partial charge in [-0.1, -0.05) is 0 Å². The molecular formula is C14H25N5O6S. The maximum Gasteiger partial charge on any atom is 0.327 e. The third kappa shape index (κ3) is 8.67. The number of amides is 4. The minimum absolute atomic E-state index is 0.139. The Morgan fingerprint density at radius 1 is 0.962 bits per heavy atom. The van der Waals surface area contributed by atoms with Crippen LogP contribution in [0.5, 0.6) is 0 Å². The zero-order chi connectivity index (χ0) is 20.4. The fraction of sp³-hybridized carbons (Fsp3) is 0.643. The highest BCUT2D eigenvalue weighted by Gasteiger charge is 2.28. The van der Waals surface area contributed by atoms with E-state index in [2.05, 4.69) is 28.6 Å². The molecule has 0 heterocycles. The zero-order valence-corrected chi connectivity index (χ0v) is 15.4. The maximum atomic E-state index is 12.2. The fourth-order valence-corrected chi connectivity index (χ4v) is 1.97. The van der Waals surface area contributed by atoms with Crippen LogP contribution in [0.1, 0.15) is 26.7 Å². The summed E-state index contributed by atoms with van der Waals surface area (Å²) in [4.78, 5) is 57.9. The molecule has 26 heavy (non-hydrogen) atoms. The van der Waals surface area contributed by atoms with Gasteiger partial charge in [-0.3, -0.25) is 19.2 Å². The first kappa shape index (κ1) is 23.7. The summed E-state index contributed by atoms with van der Waals surface area (Å²) >= 11 is 3.83. The molecule has 0 fully saturated rings. The molecule has 0 aliphatic carbocycles. The first-order valence-electron chi connectivity index (χ1n) is 7.78. The number of carbonyl (C=O) groups excluding carboxylic acids is 4. The summed E-state index contributed by atoms with van der Waals surface area (Å²) < 4.78 is 0. The lowest BCUT2D eigenvalue weighted by atomic mass is 10.1. The molecule has 148 valence electrons. The van der Waals surface area contributed by atoms with Crippen LogP contribution in [0.15, 0.2) is 0 Å². The predicted molar refractivity (Wildman–Crippen MR) is 95.0 cm³/mol. The lowest BCUT2D eigenvalue weighted by molar-refractivity contribution is -0.141. The lowest BCUT2D eigenvalue weighted by Gasteiger charge is -2.22. The second kappa shape index (κ2) is 11.3. The molecule has 0 radical (unpaired) electrons. The van der Waals surface area contributed by atoms with Crippen LogP contribution in [-0.2, 0) is 24.0 Å². The average Bonchev–Trinajstić information content (AvgIpc) is 2.54. The molecule has 0 aromatic carbocycles. The van der Waals surface area contributed by atoms with Crippen molar-refractivity contribution in [3.05, 3.63) is 0 Å². The van der Waals surface area contributed by atoms with Gasteiger partial charge in [0, 0.05) is 12.2 Å². The molecule has 4 unspecified atom stereocenters. The molecule has 0 rings (SSSR count). The van der Waals surface area contributed by atoms with E-state index in [1.807, 2.05) is 0 Å². The van der Waals surface area contributed by atoms with Gasteiger partial charge in [-0.15, -0.1) is 0 Å². The molecule has 4 atom stereocenters. The minimum atomic E-state index is -1.30. The smallest absolute Gasteiger partial charge is 0.327 e. The third-order valence-electron chi connectivity index (χ3n) is 3.28. The molecule has 0 aromatic rings. The van der Waals surface area contributed by atoms with Crippen LogP contribution in [0.2, 0.25) is 0 Å². The Kier molecular flexibility index (Phi) is 10.3. The van der Waals surface area contributed by atoms with Crippen LogP contribution in [0, 0.1) is 0 Å². The molecular weight excluding hydrogens is 366 g/mol. The summed E-state index contributed by atoms with van der Waals surface area (Å²) in [5.74, 6) is -4.25. The molecule has 11 nitrogen and oxygen atoms in total. The van der Waals surface area contributed by atoms with Crippen molar-refractivity contribution in [1.82, 2.24) is 16.0 Å². The third-order valence-corrected chi connectivity index (χ3v) is 3.64. The van der Waals surface area contributed by atoms with Gasteiger partial charge in [-0.25, -0.2) is 4.79 Å². The topological polar surface area (TPSA) is 194 Å². The largest absolute Gasteiger partial charge is 0.480 e. The quantitative estimate of drug-likeness (QED) is 0.183. The molecule has 0 spiro atoms. The van der Waals surface area contributed by atoms with E-state index in [0.29, 0.717) is 0 Å². The van der Waals surface area contributed by atoms with E-state index in [-0.39, 0.29) is 18.6 Å². The van der Waals surface area contributed by atoms with E-state index in [0.717, 1.165) is 0 Å². The summed E-state index contributed by atoms with van der Waals surface area (Å²) in [6.07, 6.45) is -0.350. The first-order chi connectivity index (χ1) is 12.0. The second-order valence-corrected chi connectivity index (χ2v) is 6.03. The van der Waals surface area contributed by atoms with Gasteiger partial charge in [0.25, 0.3) is 0 Å². The molecule has 8 N–H and O–H groups in total. The van der Waals surface area contributed by atoms with E-state index in [1.165, 1.54) is 13.8 Å². The number of thiol groups is 1. The van der Waals surface area contributed by atoms with Crippen LogP contribution in [-0.4, -0.2) is 64.6 Å². The van der Waals surface area contributed by atoms with Gasteiger partial charge in [-0.05, 0) is 20.3 Å². The van der Waals surface area contributed by atoms with E-state index in [4.69, 9.17) is 16.6 Å². The normalized spacial score (nSPS) is 15.1. The molecule has 4 amide bonds. The van der Waals surface area contributed by atoms with Crippen LogP contribution in [0.4, 0.5) is 0 Å². The minimum Gasteiger partial charge on any atom is -0.480 e. The molecule has 0 bridgehead atoms. The standard InChI is InChI=1S/C14H25N5O6S/c1-6(15)11(21)17-7(2)12(22)18-8(3-4-10(16)20)13(23)19-9(5-26)14(24)25/h6-9,26H,3-5,15H2,1-2H3,(H2,16,20)(H,17,21)(H,18,22)(H,19,23)(H,24,25). The van der Waals surface area contributed by atoms with E-state index in [1.54, 1.807) is 0 Å². The van der Waals surface area contributed by atoms with Crippen LogP contribution in [0.3, 0.4) is 0 Å². The van der Waals surface area contributed by atoms with Crippen molar-refractivity contribution in [3.63, 3.8) is 0 Å². The zero-order valence-electron chi connectivity index (χ0n) is 14.5. The first-order valence-corrected chi connectivity index (χ1v) is 8.41. The Hall–Kier alpha value is -2.34. The lowest BCUT2D eigenvalue weighted by Crippen LogP contribution is -2.56. The van der Waals surface area contributed by atoms with Gasteiger partial charge in [0.2, 0.25) is 23.6 Å². The van der Waals surface area contributed by atoms with Gasteiger partial charge < -0.3 is 32.5 Å². The van der Waals surface area contributed by atoms with Crippen LogP contribution < -0.4 is 27.4 Å². The van der Waals surface area contributed by atoms with E-state index >= 15 is 0 Å². The molecule has 0 saturated carbocycles. The van der Waals surface area contributed by atoms with Gasteiger partial charge >= 0.3 is 5.97 Å². The molecule has 0 saturated heterocycles. The van der Waals surface area contributed by atoms with Crippen molar-refractivity contribution >= 4 is 42.2 Å². The van der Waals surface area contributed by atoms with Gasteiger partial charge in [0.1, 0.15) is 18.1 Å². The van der Waals surface area contributed by atoms with Crippen LogP contribution >= 0.6 is 12.6 Å². The summed E-state index contributed by atoms with van der Waals surface area (Å²) in [6, 6.07) is -4.32. The highest BCUT2D eigenvalue weighted by atomic mass is 32.1. The van der Waals surface area contributed by atoms with Crippen molar-refractivity contribution in [2.45, 2.75) is 50.9 Å². The Labute approximate surface area is 156 Å². The predicted octanol–water partition coefficient (Wildman–Crippen LogP) is -2.91. The van der Waals surface area contributed by atoms with Crippen molar-refractivity contribution in [2.24, 2.45) is 11.5 Å². The molecule has 0 aromatic heterocycles. The Bertz CT molecular complexity index is 556. The number of carboxylic acid groups (broad SMARTS) is 1. The number of carbonyl (C=O) groups is 5. The van der Waals surface area contributed by atoms with E-state index < -0.39 is 53.8 Å². The Morgan fingerprint density at radius 3 is 1.92 bits per heavy atom. The van der Waals surface area contributed by atoms with Gasteiger partial charge in [0.15, 0.2) is 0 Å². The van der Waals surface area contributed by atoms with E-state index in [9.17, 15) is 24.0 Å². The summed E-state index contributed by atoms with van der Waals surface area (Å²) in [7, 11) is 0. The number of hydrogen-bond acceptors (Lipinski definition) is 7. The molecule has 0 aliphatic heterocycles. The van der Waals surface area contributed by atoms with Gasteiger partial charge in [0.05, 0.1) is 6.04 Å².